The number of carbonyl (C=O) groups excluding carboxylic acids is 1. The average molecular weight is 603 g/mol. The van der Waals surface area contributed by atoms with Crippen LogP contribution in [-0.2, 0) is 35.5 Å². The van der Waals surface area contributed by atoms with E-state index in [9.17, 15) is 26.4 Å². The molecule has 0 spiro atoms. The number of rotatable bonds is 6. The lowest BCUT2D eigenvalue weighted by atomic mass is 10.0. The lowest BCUT2D eigenvalue weighted by molar-refractivity contribution is -0.137. The van der Waals surface area contributed by atoms with Gasteiger partial charge in [-0.2, -0.15) is 13.2 Å². The summed E-state index contributed by atoms with van der Waals surface area (Å²) in [5.41, 5.74) is 2.44. The number of amides is 1. The number of fused-ring (bicyclic) bond motifs is 3. The summed E-state index contributed by atoms with van der Waals surface area (Å²) in [4.78, 5) is 19.7. The first-order valence-electron chi connectivity index (χ1n) is 12.7. The SMILES string of the molecule is CS(=O)(=O)c1ccc(/C=C/CN2CCc3c(c4ccc(C(F)(F)F)cc4n3C(=O)NCc3ccnc(Cl)c3)C2)cc1. The summed E-state index contributed by atoms with van der Waals surface area (Å²) in [6, 6.07) is 12.9. The Morgan fingerprint density at radius 2 is 1.88 bits per heavy atom. The van der Waals surface area contributed by atoms with Crippen LogP contribution in [0.25, 0.3) is 17.0 Å². The fraction of sp³-hybridized carbons (Fsp3) is 0.241. The molecular weight excluding hydrogens is 577 g/mol. The smallest absolute Gasteiger partial charge is 0.333 e. The molecule has 0 aliphatic carbocycles. The molecule has 12 heteroatoms. The number of benzene rings is 2. The maximum absolute atomic E-state index is 13.6. The lowest BCUT2D eigenvalue weighted by Gasteiger charge is -2.27. The Balaban J connectivity index is 1.39. The molecule has 2 aromatic carbocycles. The fourth-order valence-electron chi connectivity index (χ4n) is 4.95. The number of hydrogen-bond donors (Lipinski definition) is 1. The Hall–Kier alpha value is -3.67. The van der Waals surface area contributed by atoms with Crippen LogP contribution in [0.4, 0.5) is 18.0 Å². The third-order valence-corrected chi connectivity index (χ3v) is 8.31. The highest BCUT2D eigenvalue weighted by atomic mass is 35.5. The first-order chi connectivity index (χ1) is 19.4. The van der Waals surface area contributed by atoms with Crippen LogP contribution >= 0.6 is 11.6 Å². The number of alkyl halides is 3. The molecule has 2 aromatic heterocycles. The largest absolute Gasteiger partial charge is 0.416 e. The number of nitrogens with zero attached hydrogens (tertiary/aromatic N) is 3. The topological polar surface area (TPSA) is 84.3 Å². The van der Waals surface area contributed by atoms with Gasteiger partial charge in [0.25, 0.3) is 0 Å². The second-order valence-electron chi connectivity index (χ2n) is 9.86. The van der Waals surface area contributed by atoms with Crippen molar-refractivity contribution in [3.63, 3.8) is 0 Å². The number of nitrogens with one attached hydrogen (secondary N) is 1. The van der Waals surface area contributed by atoms with E-state index in [1.807, 2.05) is 12.2 Å². The van der Waals surface area contributed by atoms with Crippen LogP contribution in [0.5, 0.6) is 0 Å². The first-order valence-corrected chi connectivity index (χ1v) is 15.0. The van der Waals surface area contributed by atoms with Gasteiger partial charge in [-0.05, 0) is 53.1 Å². The average Bonchev–Trinajstić information content (AvgIpc) is 3.24. The van der Waals surface area contributed by atoms with Crippen LogP contribution in [0, 0.1) is 0 Å². The molecular formula is C29H26ClF3N4O3S. The van der Waals surface area contributed by atoms with E-state index in [4.69, 9.17) is 11.6 Å². The van der Waals surface area contributed by atoms with Crippen LogP contribution in [0.1, 0.15) is 27.9 Å². The van der Waals surface area contributed by atoms with Crippen molar-refractivity contribution in [2.45, 2.75) is 30.6 Å². The summed E-state index contributed by atoms with van der Waals surface area (Å²) in [5.74, 6) is 0. The number of sulfone groups is 1. The third-order valence-electron chi connectivity index (χ3n) is 6.98. The Bertz CT molecular complexity index is 1750. The molecule has 0 atom stereocenters. The highest BCUT2D eigenvalue weighted by molar-refractivity contribution is 7.90. The molecule has 3 heterocycles. The van der Waals surface area contributed by atoms with Crippen LogP contribution in [0.2, 0.25) is 5.15 Å². The fourth-order valence-corrected chi connectivity index (χ4v) is 5.78. The summed E-state index contributed by atoms with van der Waals surface area (Å²) in [6.45, 7) is 1.75. The molecule has 1 N–H and O–H groups in total. The Kier molecular flexibility index (Phi) is 7.95. The zero-order valence-electron chi connectivity index (χ0n) is 22.0. The molecule has 41 heavy (non-hydrogen) atoms. The summed E-state index contributed by atoms with van der Waals surface area (Å²) >= 11 is 5.93. The molecule has 1 amide bonds. The van der Waals surface area contributed by atoms with Crippen LogP contribution in [-0.4, -0.2) is 48.2 Å². The van der Waals surface area contributed by atoms with Crippen molar-refractivity contribution < 1.29 is 26.4 Å². The molecule has 0 saturated carbocycles. The molecule has 4 aromatic rings. The third kappa shape index (κ3) is 6.47. The number of aromatic nitrogens is 2. The molecule has 0 saturated heterocycles. The molecule has 0 radical (unpaired) electrons. The molecule has 0 fully saturated rings. The van der Waals surface area contributed by atoms with E-state index in [-0.39, 0.29) is 22.1 Å². The molecule has 0 bridgehead atoms. The minimum Gasteiger partial charge on any atom is -0.333 e. The van der Waals surface area contributed by atoms with Crippen LogP contribution in [0.15, 0.2) is 71.8 Å². The predicted molar refractivity (Wildman–Crippen MR) is 151 cm³/mol. The molecule has 0 unspecified atom stereocenters. The zero-order valence-corrected chi connectivity index (χ0v) is 23.5. The van der Waals surface area contributed by atoms with Crippen molar-refractivity contribution in [2.24, 2.45) is 0 Å². The monoisotopic (exact) mass is 602 g/mol. The lowest BCUT2D eigenvalue weighted by Crippen LogP contribution is -2.34. The number of halogens is 4. The van der Waals surface area contributed by atoms with Gasteiger partial charge in [-0.1, -0.05) is 42.0 Å². The molecule has 1 aliphatic rings. The van der Waals surface area contributed by atoms with Gasteiger partial charge in [-0.3, -0.25) is 9.47 Å². The van der Waals surface area contributed by atoms with E-state index in [0.29, 0.717) is 42.7 Å². The molecule has 1 aliphatic heterocycles. The Morgan fingerprint density at radius 1 is 1.12 bits per heavy atom. The summed E-state index contributed by atoms with van der Waals surface area (Å²) in [6.07, 6.45) is 2.43. The normalized spacial score (nSPS) is 14.5. The van der Waals surface area contributed by atoms with Crippen molar-refractivity contribution in [1.29, 1.82) is 0 Å². The van der Waals surface area contributed by atoms with Gasteiger partial charge < -0.3 is 5.32 Å². The number of carbonyl (C=O) groups is 1. The van der Waals surface area contributed by atoms with Gasteiger partial charge in [0.2, 0.25) is 0 Å². The minimum atomic E-state index is -4.55. The van der Waals surface area contributed by atoms with Gasteiger partial charge in [-0.15, -0.1) is 0 Å². The molecule has 5 rings (SSSR count). The van der Waals surface area contributed by atoms with Gasteiger partial charge >= 0.3 is 12.2 Å². The minimum absolute atomic E-state index is 0.135. The van der Waals surface area contributed by atoms with Crippen molar-refractivity contribution in [3.8, 4) is 0 Å². The Labute approximate surface area is 240 Å². The van der Waals surface area contributed by atoms with Gasteiger partial charge in [0, 0.05) is 56.1 Å². The number of pyridine rings is 1. The maximum Gasteiger partial charge on any atom is 0.416 e. The predicted octanol–water partition coefficient (Wildman–Crippen LogP) is 5.94. The summed E-state index contributed by atoms with van der Waals surface area (Å²) in [5, 5.41) is 3.67. The van der Waals surface area contributed by atoms with Crippen molar-refractivity contribution >= 4 is 44.4 Å². The van der Waals surface area contributed by atoms with Crippen LogP contribution in [0.3, 0.4) is 0 Å². The van der Waals surface area contributed by atoms with E-state index in [0.717, 1.165) is 29.5 Å². The number of hydrogen-bond acceptors (Lipinski definition) is 5. The quantitative estimate of drug-likeness (QED) is 0.276. The highest BCUT2D eigenvalue weighted by Crippen LogP contribution is 2.36. The standard InChI is InChI=1S/C29H26ClF3N4O3S/c1-41(39,40)22-7-4-19(5-8-22)3-2-13-36-14-11-25-24(18-36)23-9-6-21(29(31,32)33)16-26(23)37(25)28(38)35-17-20-10-12-34-27(30)15-20/h2-10,12,15-16H,11,13-14,17-18H2,1H3,(H,35,38)/b3-2+. The second kappa shape index (κ2) is 11.3. The molecule has 214 valence electrons. The van der Waals surface area contributed by atoms with Crippen LogP contribution < -0.4 is 5.32 Å². The zero-order chi connectivity index (χ0) is 29.4. The van der Waals surface area contributed by atoms with E-state index >= 15 is 0 Å². The van der Waals surface area contributed by atoms with Gasteiger partial charge in [0.1, 0.15) is 5.15 Å². The Morgan fingerprint density at radius 3 is 2.56 bits per heavy atom. The van der Waals surface area contributed by atoms with Gasteiger partial charge in [0.15, 0.2) is 9.84 Å². The first kappa shape index (κ1) is 28.8. The maximum atomic E-state index is 13.6. The van der Waals surface area contributed by atoms with E-state index in [2.05, 4.69) is 15.2 Å². The highest BCUT2D eigenvalue weighted by Gasteiger charge is 2.33. The summed E-state index contributed by atoms with van der Waals surface area (Å²) in [7, 11) is -3.27. The summed E-state index contributed by atoms with van der Waals surface area (Å²) < 4.78 is 65.5. The van der Waals surface area contributed by atoms with E-state index < -0.39 is 27.6 Å². The van der Waals surface area contributed by atoms with Gasteiger partial charge in [-0.25, -0.2) is 18.2 Å². The van der Waals surface area contributed by atoms with E-state index in [1.165, 1.54) is 16.8 Å². The van der Waals surface area contributed by atoms with E-state index in [1.54, 1.807) is 36.4 Å². The van der Waals surface area contributed by atoms with Crippen molar-refractivity contribution in [2.75, 3.05) is 19.3 Å². The van der Waals surface area contributed by atoms with Gasteiger partial charge in [0.05, 0.1) is 16.0 Å². The van der Waals surface area contributed by atoms with Crippen molar-refractivity contribution in [1.82, 2.24) is 19.8 Å². The van der Waals surface area contributed by atoms with Crippen molar-refractivity contribution in [3.05, 3.63) is 100.0 Å². The molecule has 7 nitrogen and oxygen atoms in total. The second-order valence-corrected chi connectivity index (χ2v) is 12.3.